The molecule has 5 nitrogen and oxygen atoms in total. The first-order valence-corrected chi connectivity index (χ1v) is 8.06. The molecular formula is C20H19NO4. The number of aliphatic hydroxyl groups is 1. The van der Waals surface area contributed by atoms with Gasteiger partial charge < -0.3 is 9.84 Å². The Labute approximate surface area is 146 Å². The maximum atomic E-state index is 12.8. The number of rotatable bonds is 4. The van der Waals surface area contributed by atoms with Crippen LogP contribution in [-0.2, 0) is 9.59 Å². The Kier molecular flexibility index (Phi) is 4.31. The van der Waals surface area contributed by atoms with Crippen LogP contribution in [-0.4, -0.2) is 23.5 Å². The quantitative estimate of drug-likeness (QED) is 0.867. The molecule has 0 fully saturated rings. The van der Waals surface area contributed by atoms with E-state index in [4.69, 9.17) is 4.74 Å². The van der Waals surface area contributed by atoms with Crippen molar-refractivity contribution in [3.8, 4) is 5.75 Å². The second kappa shape index (κ2) is 6.43. The first kappa shape index (κ1) is 16.8. The van der Waals surface area contributed by atoms with Crippen LogP contribution in [0, 0.1) is 13.8 Å². The Bertz CT molecular complexity index is 881. The van der Waals surface area contributed by atoms with Crippen LogP contribution in [0.1, 0.15) is 23.6 Å². The number of hydrogen-bond acceptors (Lipinski definition) is 4. The zero-order chi connectivity index (χ0) is 18.1. The van der Waals surface area contributed by atoms with E-state index in [-0.39, 0.29) is 5.57 Å². The molecule has 128 valence electrons. The van der Waals surface area contributed by atoms with Crippen molar-refractivity contribution in [2.24, 2.45) is 0 Å². The largest absolute Gasteiger partial charge is 0.502 e. The topological polar surface area (TPSA) is 66.8 Å². The molecule has 0 atom stereocenters. The van der Waals surface area contributed by atoms with Crippen LogP contribution in [0.3, 0.4) is 0 Å². The van der Waals surface area contributed by atoms with Gasteiger partial charge in [-0.2, -0.15) is 0 Å². The summed E-state index contributed by atoms with van der Waals surface area (Å²) in [5, 5.41) is 10.3. The number of ether oxygens (including phenoxy) is 1. The van der Waals surface area contributed by atoms with E-state index in [0.717, 1.165) is 16.0 Å². The van der Waals surface area contributed by atoms with Crippen molar-refractivity contribution in [1.82, 2.24) is 0 Å². The van der Waals surface area contributed by atoms with E-state index < -0.39 is 17.6 Å². The number of benzene rings is 2. The second-order valence-electron chi connectivity index (χ2n) is 5.91. The number of carbonyl (C=O) groups excluding carboxylic acids is 2. The fourth-order valence-electron chi connectivity index (χ4n) is 2.95. The summed E-state index contributed by atoms with van der Waals surface area (Å²) in [6.45, 7) is 6.19. The van der Waals surface area contributed by atoms with Crippen molar-refractivity contribution in [3.05, 3.63) is 64.9 Å². The number of carbonyl (C=O) groups is 2. The molecule has 1 N–H and O–H groups in total. The zero-order valence-electron chi connectivity index (χ0n) is 14.4. The van der Waals surface area contributed by atoms with Crippen molar-refractivity contribution < 1.29 is 19.4 Å². The first-order chi connectivity index (χ1) is 11.9. The molecule has 2 aromatic carbocycles. The van der Waals surface area contributed by atoms with E-state index in [9.17, 15) is 14.7 Å². The number of hydrogen-bond donors (Lipinski definition) is 1. The fourth-order valence-corrected chi connectivity index (χ4v) is 2.95. The molecule has 0 aliphatic carbocycles. The summed E-state index contributed by atoms with van der Waals surface area (Å²) in [4.78, 5) is 26.3. The van der Waals surface area contributed by atoms with Gasteiger partial charge in [-0.05, 0) is 56.2 Å². The van der Waals surface area contributed by atoms with Crippen LogP contribution < -0.4 is 9.64 Å². The average Bonchev–Trinajstić information content (AvgIpc) is 2.79. The van der Waals surface area contributed by atoms with Crippen molar-refractivity contribution in [1.29, 1.82) is 0 Å². The minimum atomic E-state index is -0.718. The summed E-state index contributed by atoms with van der Waals surface area (Å²) in [5.41, 5.74) is 2.87. The summed E-state index contributed by atoms with van der Waals surface area (Å²) < 4.78 is 5.37. The van der Waals surface area contributed by atoms with Crippen LogP contribution >= 0.6 is 0 Å². The van der Waals surface area contributed by atoms with Crippen LogP contribution in [0.5, 0.6) is 5.75 Å². The first-order valence-electron chi connectivity index (χ1n) is 8.06. The minimum Gasteiger partial charge on any atom is -0.502 e. The van der Waals surface area contributed by atoms with E-state index in [1.807, 2.05) is 32.9 Å². The molecule has 1 heterocycles. The van der Waals surface area contributed by atoms with Gasteiger partial charge in [-0.15, -0.1) is 0 Å². The SMILES string of the molecule is CCOc1ccc(N2C(=O)C(O)=C(c3ccc(C)cc3C)C2=O)cc1. The third-order valence-corrected chi connectivity index (χ3v) is 4.12. The molecule has 25 heavy (non-hydrogen) atoms. The molecule has 5 heteroatoms. The van der Waals surface area contributed by atoms with Gasteiger partial charge in [0.2, 0.25) is 0 Å². The molecule has 0 saturated heterocycles. The van der Waals surface area contributed by atoms with Gasteiger partial charge >= 0.3 is 5.91 Å². The third kappa shape index (κ3) is 2.89. The highest BCUT2D eigenvalue weighted by atomic mass is 16.5. The van der Waals surface area contributed by atoms with Gasteiger partial charge in [0.1, 0.15) is 5.75 Å². The lowest BCUT2D eigenvalue weighted by Crippen LogP contribution is -2.31. The lowest BCUT2D eigenvalue weighted by atomic mass is 9.98. The summed E-state index contributed by atoms with van der Waals surface area (Å²) in [6, 6.07) is 12.1. The Balaban J connectivity index is 1.99. The van der Waals surface area contributed by atoms with Gasteiger partial charge in [-0.1, -0.05) is 23.8 Å². The molecule has 0 bridgehead atoms. The highest BCUT2D eigenvalue weighted by molar-refractivity contribution is 6.45. The monoisotopic (exact) mass is 337 g/mol. The molecular weight excluding hydrogens is 318 g/mol. The van der Waals surface area contributed by atoms with Crippen molar-refractivity contribution in [3.63, 3.8) is 0 Å². The number of aliphatic hydroxyl groups excluding tert-OH is 1. The van der Waals surface area contributed by atoms with E-state index >= 15 is 0 Å². The number of anilines is 1. The molecule has 1 aliphatic heterocycles. The molecule has 0 aromatic heterocycles. The third-order valence-electron chi connectivity index (χ3n) is 4.12. The van der Waals surface area contributed by atoms with Gasteiger partial charge in [0.25, 0.3) is 5.91 Å². The van der Waals surface area contributed by atoms with Crippen LogP contribution in [0.4, 0.5) is 5.69 Å². The normalized spacial score (nSPS) is 14.4. The maximum Gasteiger partial charge on any atom is 0.301 e. The van der Waals surface area contributed by atoms with Crippen molar-refractivity contribution in [2.75, 3.05) is 11.5 Å². The summed E-state index contributed by atoms with van der Waals surface area (Å²) in [6.07, 6.45) is 0. The van der Waals surface area contributed by atoms with Crippen LogP contribution in [0.2, 0.25) is 0 Å². The number of nitrogens with zero attached hydrogens (tertiary/aromatic N) is 1. The lowest BCUT2D eigenvalue weighted by Gasteiger charge is -2.15. The van der Waals surface area contributed by atoms with Gasteiger partial charge in [0.05, 0.1) is 17.9 Å². The average molecular weight is 337 g/mol. The van der Waals surface area contributed by atoms with Crippen LogP contribution in [0.25, 0.3) is 5.57 Å². The van der Waals surface area contributed by atoms with Crippen molar-refractivity contribution in [2.45, 2.75) is 20.8 Å². The summed E-state index contributed by atoms with van der Waals surface area (Å²) in [7, 11) is 0. The summed E-state index contributed by atoms with van der Waals surface area (Å²) in [5.74, 6) is -1.12. The van der Waals surface area contributed by atoms with E-state index in [1.54, 1.807) is 30.3 Å². The number of aryl methyl sites for hydroxylation is 2. The fraction of sp³-hybridized carbons (Fsp3) is 0.200. The predicted molar refractivity (Wildman–Crippen MR) is 95.6 cm³/mol. The smallest absolute Gasteiger partial charge is 0.301 e. The van der Waals surface area contributed by atoms with Gasteiger partial charge in [0.15, 0.2) is 5.76 Å². The van der Waals surface area contributed by atoms with Gasteiger partial charge in [0, 0.05) is 0 Å². The lowest BCUT2D eigenvalue weighted by molar-refractivity contribution is -0.121. The van der Waals surface area contributed by atoms with E-state index in [2.05, 4.69) is 0 Å². The van der Waals surface area contributed by atoms with Crippen LogP contribution in [0.15, 0.2) is 48.2 Å². The molecule has 0 radical (unpaired) electrons. The highest BCUT2D eigenvalue weighted by Gasteiger charge is 2.40. The molecule has 1 aliphatic rings. The molecule has 2 amide bonds. The predicted octanol–water partition coefficient (Wildman–Crippen LogP) is 3.54. The van der Waals surface area contributed by atoms with E-state index in [0.29, 0.717) is 23.6 Å². The Morgan fingerprint density at radius 2 is 1.68 bits per heavy atom. The Morgan fingerprint density at radius 3 is 2.28 bits per heavy atom. The molecule has 3 rings (SSSR count). The Morgan fingerprint density at radius 1 is 1.00 bits per heavy atom. The minimum absolute atomic E-state index is 0.0383. The highest BCUT2D eigenvalue weighted by Crippen LogP contribution is 2.34. The van der Waals surface area contributed by atoms with Gasteiger partial charge in [-0.3, -0.25) is 9.59 Å². The zero-order valence-corrected chi connectivity index (χ0v) is 14.4. The Hall–Kier alpha value is -3.08. The molecule has 2 aromatic rings. The standard InChI is InChI=1S/C20H19NO4/c1-4-25-15-8-6-14(7-9-15)21-19(23)17(18(22)20(21)24)16-10-5-12(2)11-13(16)3/h5-11,22H,4H2,1-3H3. The van der Waals surface area contributed by atoms with Gasteiger partial charge in [-0.25, -0.2) is 4.90 Å². The maximum absolute atomic E-state index is 12.8. The van der Waals surface area contributed by atoms with Crippen molar-refractivity contribution >= 4 is 23.1 Å². The second-order valence-corrected chi connectivity index (χ2v) is 5.91. The molecule has 0 unspecified atom stereocenters. The molecule has 0 saturated carbocycles. The molecule has 0 spiro atoms. The summed E-state index contributed by atoms with van der Waals surface area (Å²) >= 11 is 0. The number of amides is 2. The van der Waals surface area contributed by atoms with E-state index in [1.165, 1.54) is 0 Å². The number of imide groups is 1.